The molecule has 4 rings (SSSR count). The molecular weight excluding hydrogens is 444 g/mol. The summed E-state index contributed by atoms with van der Waals surface area (Å²) in [5.41, 5.74) is 6.16. The highest BCUT2D eigenvalue weighted by Gasteiger charge is 2.34. The van der Waals surface area contributed by atoms with Crippen LogP contribution in [0, 0.1) is 0 Å². The molecule has 1 aliphatic heterocycles. The maximum atomic E-state index is 12.5. The molecule has 0 bridgehead atoms. The monoisotopic (exact) mass is 484 g/mol. The van der Waals surface area contributed by atoms with Crippen LogP contribution in [-0.2, 0) is 15.6 Å². The van der Waals surface area contributed by atoms with Crippen LogP contribution in [0.1, 0.15) is 76.1 Å². The topological polar surface area (TPSA) is 50.4 Å². The van der Waals surface area contributed by atoms with E-state index in [4.69, 9.17) is 4.74 Å². The van der Waals surface area contributed by atoms with Gasteiger partial charge in [-0.1, -0.05) is 108 Å². The number of nitrogens with one attached hydrogen (secondary N) is 2. The second-order valence-electron chi connectivity index (χ2n) is 12.0. The highest BCUT2D eigenvalue weighted by atomic mass is 16.6. The third-order valence-corrected chi connectivity index (χ3v) is 7.09. The molecule has 3 aromatic carbocycles. The minimum atomic E-state index is -0.408. The molecule has 3 aromatic rings. The Hall–Kier alpha value is -3.11. The first kappa shape index (κ1) is 26.0. The summed E-state index contributed by atoms with van der Waals surface area (Å²) in [6.07, 6.45) is 0.174. The molecule has 1 amide bonds. The first-order valence-corrected chi connectivity index (χ1v) is 13.0. The number of ether oxygens (including phenoxy) is 1. The van der Waals surface area contributed by atoms with Crippen molar-refractivity contribution in [3.05, 3.63) is 101 Å². The Morgan fingerprint density at radius 2 is 1.31 bits per heavy atom. The van der Waals surface area contributed by atoms with Gasteiger partial charge in [-0.3, -0.25) is 5.32 Å². The number of hydrogen-bond acceptors (Lipinski definition) is 3. The average molecular weight is 485 g/mol. The zero-order valence-electron chi connectivity index (χ0n) is 22.5. The van der Waals surface area contributed by atoms with Crippen LogP contribution < -0.4 is 10.6 Å². The molecule has 0 radical (unpaired) electrons. The van der Waals surface area contributed by atoms with Gasteiger partial charge >= 0.3 is 6.09 Å². The zero-order chi connectivity index (χ0) is 25.9. The summed E-state index contributed by atoms with van der Waals surface area (Å²) in [5.74, 6) is 0.166. The standard InChI is InChI=1S/C32H40N2O2/c1-31(2,3)24-16-12-22(13-17-24)29(23-14-18-25(19-15-23)32(4,5)6)28-20-27(21-33-28)36-30(35)34-26-10-8-7-9-11-26/h7-19,27-29,33H,20-21H2,1-6H3,(H,34,35)/t27-,28-/m1/s1. The molecule has 36 heavy (non-hydrogen) atoms. The van der Waals surface area contributed by atoms with Gasteiger partial charge in [-0.15, -0.1) is 0 Å². The molecule has 0 aromatic heterocycles. The van der Waals surface area contributed by atoms with E-state index in [-0.39, 0.29) is 28.9 Å². The molecular formula is C32H40N2O2. The van der Waals surface area contributed by atoms with Crippen molar-refractivity contribution < 1.29 is 9.53 Å². The quantitative estimate of drug-likeness (QED) is 0.397. The van der Waals surface area contributed by atoms with Gasteiger partial charge in [0.15, 0.2) is 0 Å². The SMILES string of the molecule is CC(C)(C)c1ccc(C(c2ccc(C(C)(C)C)cc2)[C@H]2C[C@@H](OC(=O)Nc3ccccc3)CN2)cc1. The van der Waals surface area contributed by atoms with Gasteiger partial charge < -0.3 is 10.1 Å². The Morgan fingerprint density at radius 3 is 1.78 bits per heavy atom. The molecule has 1 fully saturated rings. The van der Waals surface area contributed by atoms with Crippen LogP contribution >= 0.6 is 0 Å². The highest BCUT2D eigenvalue weighted by molar-refractivity contribution is 5.84. The maximum absolute atomic E-state index is 12.5. The van der Waals surface area contributed by atoms with Crippen LogP contribution in [0.25, 0.3) is 0 Å². The minimum absolute atomic E-state index is 0.110. The smallest absolute Gasteiger partial charge is 0.411 e. The molecule has 1 heterocycles. The summed E-state index contributed by atoms with van der Waals surface area (Å²) in [5, 5.41) is 6.49. The van der Waals surface area contributed by atoms with Crippen LogP contribution in [0.15, 0.2) is 78.9 Å². The van der Waals surface area contributed by atoms with Crippen LogP contribution in [0.3, 0.4) is 0 Å². The molecule has 0 spiro atoms. The zero-order valence-corrected chi connectivity index (χ0v) is 22.5. The van der Waals surface area contributed by atoms with Crippen LogP contribution in [-0.4, -0.2) is 24.8 Å². The summed E-state index contributed by atoms with van der Waals surface area (Å²) in [7, 11) is 0. The summed E-state index contributed by atoms with van der Waals surface area (Å²) < 4.78 is 5.78. The van der Waals surface area contributed by atoms with E-state index in [2.05, 4.69) is 101 Å². The van der Waals surface area contributed by atoms with Gasteiger partial charge in [0.25, 0.3) is 0 Å². The Bertz CT molecular complexity index is 1080. The number of benzene rings is 3. The van der Waals surface area contributed by atoms with Gasteiger partial charge in [-0.25, -0.2) is 4.79 Å². The summed E-state index contributed by atoms with van der Waals surface area (Å²) in [6.45, 7) is 14.1. The Kier molecular flexibility index (Phi) is 7.56. The normalized spacial score (nSPS) is 18.3. The lowest BCUT2D eigenvalue weighted by molar-refractivity contribution is 0.119. The van der Waals surface area contributed by atoms with Crippen molar-refractivity contribution in [3.8, 4) is 0 Å². The number of carbonyl (C=O) groups excluding carboxylic acids is 1. The van der Waals surface area contributed by atoms with Crippen molar-refractivity contribution >= 4 is 11.8 Å². The second-order valence-corrected chi connectivity index (χ2v) is 12.0. The van der Waals surface area contributed by atoms with Crippen molar-refractivity contribution in [1.29, 1.82) is 0 Å². The molecule has 0 aliphatic carbocycles. The molecule has 190 valence electrons. The predicted octanol–water partition coefficient (Wildman–Crippen LogP) is 7.39. The van der Waals surface area contributed by atoms with Crippen LogP contribution in [0.5, 0.6) is 0 Å². The highest BCUT2D eigenvalue weighted by Crippen LogP contribution is 2.35. The third kappa shape index (κ3) is 6.36. The minimum Gasteiger partial charge on any atom is -0.445 e. The first-order valence-electron chi connectivity index (χ1n) is 13.0. The van der Waals surface area contributed by atoms with Crippen molar-refractivity contribution in [2.24, 2.45) is 0 Å². The van der Waals surface area contributed by atoms with Crippen molar-refractivity contribution in [3.63, 3.8) is 0 Å². The van der Waals surface area contributed by atoms with E-state index in [1.54, 1.807) is 0 Å². The van der Waals surface area contributed by atoms with Crippen molar-refractivity contribution in [2.45, 2.75) is 76.9 Å². The summed E-state index contributed by atoms with van der Waals surface area (Å²) >= 11 is 0. The van der Waals surface area contributed by atoms with Gasteiger partial charge in [-0.05, 0) is 45.2 Å². The van der Waals surface area contributed by atoms with Gasteiger partial charge in [0.2, 0.25) is 0 Å². The molecule has 2 N–H and O–H groups in total. The molecule has 4 heteroatoms. The van der Waals surface area contributed by atoms with E-state index < -0.39 is 6.09 Å². The fraction of sp³-hybridized carbons (Fsp3) is 0.406. The summed E-state index contributed by atoms with van der Waals surface area (Å²) in [4.78, 5) is 12.5. The van der Waals surface area contributed by atoms with Gasteiger partial charge in [-0.2, -0.15) is 0 Å². The van der Waals surface area contributed by atoms with E-state index in [1.807, 2.05) is 30.3 Å². The fourth-order valence-electron chi connectivity index (χ4n) is 4.93. The van der Waals surface area contributed by atoms with Gasteiger partial charge in [0, 0.05) is 30.6 Å². The van der Waals surface area contributed by atoms with Crippen LogP contribution in [0.4, 0.5) is 10.5 Å². The van der Waals surface area contributed by atoms with Crippen LogP contribution in [0.2, 0.25) is 0 Å². The number of para-hydroxylation sites is 1. The fourth-order valence-corrected chi connectivity index (χ4v) is 4.93. The Labute approximate surface area is 216 Å². The maximum Gasteiger partial charge on any atom is 0.411 e. The van der Waals surface area contributed by atoms with E-state index >= 15 is 0 Å². The molecule has 1 saturated heterocycles. The molecule has 2 atom stereocenters. The Balaban J connectivity index is 1.54. The number of hydrogen-bond donors (Lipinski definition) is 2. The molecule has 0 unspecified atom stereocenters. The Morgan fingerprint density at radius 1 is 0.806 bits per heavy atom. The number of carbonyl (C=O) groups is 1. The molecule has 0 saturated carbocycles. The lowest BCUT2D eigenvalue weighted by Gasteiger charge is -2.27. The summed E-state index contributed by atoms with van der Waals surface area (Å²) in [6, 6.07) is 27.7. The largest absolute Gasteiger partial charge is 0.445 e. The molecule has 1 aliphatic rings. The third-order valence-electron chi connectivity index (χ3n) is 7.09. The first-order chi connectivity index (χ1) is 17.0. The van der Waals surface area contributed by atoms with Gasteiger partial charge in [0.05, 0.1) is 0 Å². The lowest BCUT2D eigenvalue weighted by atomic mass is 9.80. The van der Waals surface area contributed by atoms with Gasteiger partial charge in [0.1, 0.15) is 6.10 Å². The number of rotatable bonds is 5. The van der Waals surface area contributed by atoms with E-state index in [1.165, 1.54) is 22.3 Å². The van der Waals surface area contributed by atoms with E-state index in [0.29, 0.717) is 6.54 Å². The number of amides is 1. The van der Waals surface area contributed by atoms with Crippen molar-refractivity contribution in [1.82, 2.24) is 5.32 Å². The van der Waals surface area contributed by atoms with E-state index in [9.17, 15) is 4.79 Å². The second kappa shape index (κ2) is 10.5. The predicted molar refractivity (Wildman–Crippen MR) is 149 cm³/mol. The lowest BCUT2D eigenvalue weighted by Crippen LogP contribution is -2.30. The molecule has 4 nitrogen and oxygen atoms in total. The average Bonchev–Trinajstić information content (AvgIpc) is 3.27. The van der Waals surface area contributed by atoms with Crippen molar-refractivity contribution in [2.75, 3.05) is 11.9 Å². The number of anilines is 1. The van der Waals surface area contributed by atoms with E-state index in [0.717, 1.165) is 12.1 Å².